The van der Waals surface area contributed by atoms with Gasteiger partial charge in [0.15, 0.2) is 0 Å². The first-order valence-electron chi connectivity index (χ1n) is 5.62. The topological polar surface area (TPSA) is 76.8 Å². The van der Waals surface area contributed by atoms with Crippen molar-refractivity contribution in [3.8, 4) is 0 Å². The van der Waals surface area contributed by atoms with Gasteiger partial charge in [0, 0.05) is 5.56 Å². The summed E-state index contributed by atoms with van der Waals surface area (Å²) in [5, 5.41) is 10.2. The van der Waals surface area contributed by atoms with E-state index in [0.29, 0.717) is 0 Å². The molecule has 1 aliphatic rings. The van der Waals surface area contributed by atoms with Crippen molar-refractivity contribution in [2.24, 2.45) is 21.7 Å². The van der Waals surface area contributed by atoms with Crippen molar-refractivity contribution in [2.45, 2.75) is 0 Å². The Bertz CT molecular complexity index is 707. The fourth-order valence-corrected chi connectivity index (χ4v) is 2.18. The summed E-state index contributed by atoms with van der Waals surface area (Å²) in [6.45, 7) is 0. The maximum absolute atomic E-state index is 5.30. The van der Waals surface area contributed by atoms with E-state index in [4.69, 9.17) is 11.5 Å². The average Bonchev–Trinajstić information content (AvgIpc) is 2.38. The molecular formula is C14H13ClN4. The Balaban J connectivity index is 0.00000133. The van der Waals surface area contributed by atoms with Gasteiger partial charge in [-0.1, -0.05) is 42.5 Å². The third-order valence-electron chi connectivity index (χ3n) is 2.91. The largest absolute Gasteiger partial charge is 0.369 e. The molecule has 2 aromatic carbocycles. The van der Waals surface area contributed by atoms with Gasteiger partial charge in [0.25, 0.3) is 0 Å². The van der Waals surface area contributed by atoms with E-state index in [9.17, 15) is 0 Å². The van der Waals surface area contributed by atoms with Crippen LogP contribution in [0.1, 0.15) is 11.1 Å². The van der Waals surface area contributed by atoms with E-state index in [1.807, 2.05) is 30.4 Å². The molecule has 0 saturated heterocycles. The Morgan fingerprint density at radius 2 is 1.68 bits per heavy atom. The molecule has 0 bridgehead atoms. The lowest BCUT2D eigenvalue weighted by Crippen LogP contribution is -2.22. The number of nitrogens with zero attached hydrogens (tertiary/aromatic N) is 2. The molecule has 0 spiro atoms. The van der Waals surface area contributed by atoms with Gasteiger partial charge in [-0.2, -0.15) is 0 Å². The zero-order valence-corrected chi connectivity index (χ0v) is 10.9. The second kappa shape index (κ2) is 5.12. The zero-order valence-electron chi connectivity index (χ0n) is 10.1. The second-order valence-corrected chi connectivity index (χ2v) is 4.09. The average molecular weight is 273 g/mol. The molecule has 96 valence electrons. The van der Waals surface area contributed by atoms with Crippen molar-refractivity contribution in [3.63, 3.8) is 0 Å². The third kappa shape index (κ3) is 2.30. The maximum Gasteiger partial charge on any atom is 0.211 e. The SMILES string of the molecule is Cl.NC(N)=NN=C1C=Cc2cccc3cccc1c23. The molecule has 0 unspecified atom stereocenters. The number of rotatable bonds is 1. The van der Waals surface area contributed by atoms with Gasteiger partial charge in [-0.25, -0.2) is 0 Å². The van der Waals surface area contributed by atoms with Gasteiger partial charge in [-0.15, -0.1) is 22.6 Å². The van der Waals surface area contributed by atoms with Gasteiger partial charge >= 0.3 is 0 Å². The lowest BCUT2D eigenvalue weighted by Gasteiger charge is -2.13. The molecule has 19 heavy (non-hydrogen) atoms. The van der Waals surface area contributed by atoms with Crippen LogP contribution < -0.4 is 11.5 Å². The van der Waals surface area contributed by atoms with Gasteiger partial charge in [-0.3, -0.25) is 0 Å². The summed E-state index contributed by atoms with van der Waals surface area (Å²) in [6.07, 6.45) is 3.94. The van der Waals surface area contributed by atoms with Gasteiger partial charge in [0.1, 0.15) is 0 Å². The van der Waals surface area contributed by atoms with Crippen molar-refractivity contribution >= 4 is 40.9 Å². The zero-order chi connectivity index (χ0) is 12.5. The highest BCUT2D eigenvalue weighted by molar-refractivity contribution is 6.22. The fourth-order valence-electron chi connectivity index (χ4n) is 2.18. The van der Waals surface area contributed by atoms with Crippen molar-refractivity contribution in [1.82, 2.24) is 0 Å². The minimum atomic E-state index is -0.0399. The van der Waals surface area contributed by atoms with Gasteiger partial charge in [0.05, 0.1) is 5.71 Å². The smallest absolute Gasteiger partial charge is 0.211 e. The molecule has 4 nitrogen and oxygen atoms in total. The summed E-state index contributed by atoms with van der Waals surface area (Å²) in [5.41, 5.74) is 13.6. The van der Waals surface area contributed by atoms with E-state index < -0.39 is 0 Å². The van der Waals surface area contributed by atoms with Crippen LogP contribution in [0.25, 0.3) is 16.8 Å². The molecule has 0 fully saturated rings. The lowest BCUT2D eigenvalue weighted by atomic mass is 9.92. The molecule has 3 rings (SSSR count). The fraction of sp³-hybridized carbons (Fsp3) is 0. The number of halogens is 1. The van der Waals surface area contributed by atoms with E-state index >= 15 is 0 Å². The first kappa shape index (κ1) is 13.1. The van der Waals surface area contributed by atoms with E-state index in [0.717, 1.165) is 11.3 Å². The summed E-state index contributed by atoms with van der Waals surface area (Å²) >= 11 is 0. The number of hydrogen-bond acceptors (Lipinski definition) is 2. The molecule has 1 aliphatic carbocycles. The first-order valence-corrected chi connectivity index (χ1v) is 5.62. The molecule has 0 aromatic heterocycles. The van der Waals surface area contributed by atoms with E-state index in [1.165, 1.54) is 16.3 Å². The standard InChI is InChI=1S/C14H12N4.ClH/c15-14(16)18-17-12-8-7-10-4-1-3-9-5-2-6-11(12)13(9)10;/h1-8H,(H4,15,16,18);1H. The molecule has 0 heterocycles. The van der Waals surface area contributed by atoms with Crippen LogP contribution in [-0.2, 0) is 0 Å². The Kier molecular flexibility index (Phi) is 3.53. The maximum atomic E-state index is 5.30. The van der Waals surface area contributed by atoms with Crippen LogP contribution in [0, 0.1) is 0 Å². The summed E-state index contributed by atoms with van der Waals surface area (Å²) in [4.78, 5) is 0. The quantitative estimate of drug-likeness (QED) is 0.475. The molecule has 2 aromatic rings. The molecular weight excluding hydrogens is 260 g/mol. The number of hydrogen-bond donors (Lipinski definition) is 2. The van der Waals surface area contributed by atoms with E-state index in [2.05, 4.69) is 28.4 Å². The van der Waals surface area contributed by atoms with Crippen LogP contribution in [0.3, 0.4) is 0 Å². The van der Waals surface area contributed by atoms with Gasteiger partial charge in [-0.05, 0) is 22.4 Å². The Hall–Kier alpha value is -2.33. The summed E-state index contributed by atoms with van der Waals surface area (Å²) < 4.78 is 0. The number of benzene rings is 2. The third-order valence-corrected chi connectivity index (χ3v) is 2.91. The first-order chi connectivity index (χ1) is 8.75. The van der Waals surface area contributed by atoms with Crippen molar-refractivity contribution in [3.05, 3.63) is 53.6 Å². The van der Waals surface area contributed by atoms with Crippen LogP contribution in [0.15, 0.2) is 52.7 Å². The molecule has 0 saturated carbocycles. The molecule has 0 amide bonds. The van der Waals surface area contributed by atoms with Crippen molar-refractivity contribution in [2.75, 3.05) is 0 Å². The van der Waals surface area contributed by atoms with Crippen molar-refractivity contribution in [1.29, 1.82) is 0 Å². The summed E-state index contributed by atoms with van der Waals surface area (Å²) in [6, 6.07) is 12.3. The Morgan fingerprint density at radius 1 is 0.947 bits per heavy atom. The van der Waals surface area contributed by atoms with E-state index in [1.54, 1.807) is 0 Å². The van der Waals surface area contributed by atoms with Crippen LogP contribution in [0.5, 0.6) is 0 Å². The molecule has 5 heteroatoms. The van der Waals surface area contributed by atoms with Crippen molar-refractivity contribution < 1.29 is 0 Å². The highest BCUT2D eigenvalue weighted by atomic mass is 35.5. The highest BCUT2D eigenvalue weighted by Crippen LogP contribution is 2.28. The van der Waals surface area contributed by atoms with Crippen LogP contribution in [0.4, 0.5) is 0 Å². The number of nitrogens with two attached hydrogens (primary N) is 2. The van der Waals surface area contributed by atoms with Gasteiger partial charge in [0.2, 0.25) is 5.96 Å². The highest BCUT2D eigenvalue weighted by Gasteiger charge is 2.12. The normalized spacial score (nSPS) is 14.2. The van der Waals surface area contributed by atoms with E-state index in [-0.39, 0.29) is 18.4 Å². The monoisotopic (exact) mass is 272 g/mol. The Labute approximate surface area is 116 Å². The number of allylic oxidation sites excluding steroid dienone is 1. The van der Waals surface area contributed by atoms with Crippen LogP contribution in [0.2, 0.25) is 0 Å². The minimum Gasteiger partial charge on any atom is -0.369 e. The summed E-state index contributed by atoms with van der Waals surface area (Å²) in [7, 11) is 0. The lowest BCUT2D eigenvalue weighted by molar-refractivity contribution is 1.20. The minimum absolute atomic E-state index is 0. The molecule has 0 atom stereocenters. The van der Waals surface area contributed by atoms with Gasteiger partial charge < -0.3 is 11.5 Å². The predicted octanol–water partition coefficient (Wildman–Crippen LogP) is 2.27. The molecule has 0 aliphatic heterocycles. The van der Waals surface area contributed by atoms with Crippen LogP contribution in [-0.4, -0.2) is 11.7 Å². The second-order valence-electron chi connectivity index (χ2n) is 4.09. The number of guanidine groups is 1. The predicted molar refractivity (Wildman–Crippen MR) is 82.6 cm³/mol. The van der Waals surface area contributed by atoms with Crippen LogP contribution >= 0.6 is 12.4 Å². The molecule has 0 radical (unpaired) electrons. The Morgan fingerprint density at radius 3 is 2.42 bits per heavy atom. The molecule has 4 N–H and O–H groups in total. The summed E-state index contributed by atoms with van der Waals surface area (Å²) in [5.74, 6) is -0.0399.